The highest BCUT2D eigenvalue weighted by atomic mass is 32.2. The van der Waals surface area contributed by atoms with Crippen molar-refractivity contribution in [3.05, 3.63) is 69.4 Å². The van der Waals surface area contributed by atoms with E-state index in [1.165, 1.54) is 18.3 Å². The van der Waals surface area contributed by atoms with Gasteiger partial charge in [0.2, 0.25) is 0 Å². The number of non-ortho nitro benzene ring substituents is 1. The van der Waals surface area contributed by atoms with E-state index in [1.807, 2.05) is 6.92 Å². The van der Waals surface area contributed by atoms with E-state index in [-0.39, 0.29) is 17.0 Å². The summed E-state index contributed by atoms with van der Waals surface area (Å²) < 4.78 is 27.2. The number of aldehydes is 1. The first-order chi connectivity index (χ1) is 12.3. The molecule has 0 spiro atoms. The summed E-state index contributed by atoms with van der Waals surface area (Å²) in [6.45, 7) is 3.66. The lowest BCUT2D eigenvalue weighted by Gasteiger charge is -2.09. The van der Waals surface area contributed by atoms with Crippen molar-refractivity contribution in [2.45, 2.75) is 25.2 Å². The molecule has 3 rings (SSSR count). The predicted octanol–water partition coefficient (Wildman–Crippen LogP) is 3.14. The van der Waals surface area contributed by atoms with Crippen LogP contribution in [0, 0.1) is 24.0 Å². The molecule has 0 aliphatic heterocycles. The summed E-state index contributed by atoms with van der Waals surface area (Å²) in [5.41, 5.74) is 2.75. The van der Waals surface area contributed by atoms with Crippen LogP contribution in [-0.2, 0) is 21.2 Å². The molecule has 0 atom stereocenters. The van der Waals surface area contributed by atoms with Gasteiger partial charge in [-0.1, -0.05) is 6.07 Å². The number of rotatable bonds is 5. The number of benzene rings is 2. The average Bonchev–Trinajstić information content (AvgIpc) is 2.95. The minimum atomic E-state index is -3.93. The van der Waals surface area contributed by atoms with Crippen LogP contribution in [0.25, 0.3) is 10.9 Å². The van der Waals surface area contributed by atoms with Crippen LogP contribution in [0.5, 0.6) is 0 Å². The number of hydrogen-bond donors (Lipinski definition) is 0. The first-order valence-corrected chi connectivity index (χ1v) is 9.25. The van der Waals surface area contributed by atoms with E-state index in [1.54, 1.807) is 19.1 Å². The van der Waals surface area contributed by atoms with E-state index in [9.17, 15) is 23.3 Å². The molecule has 0 radical (unpaired) electrons. The van der Waals surface area contributed by atoms with Crippen LogP contribution in [0.4, 0.5) is 5.69 Å². The van der Waals surface area contributed by atoms with E-state index in [0.29, 0.717) is 5.52 Å². The van der Waals surface area contributed by atoms with Gasteiger partial charge in [-0.25, -0.2) is 12.4 Å². The van der Waals surface area contributed by atoms with Gasteiger partial charge in [-0.2, -0.15) is 0 Å². The second kappa shape index (κ2) is 6.38. The highest BCUT2D eigenvalue weighted by Crippen LogP contribution is 2.30. The minimum Gasteiger partial charge on any atom is -0.303 e. The van der Waals surface area contributed by atoms with E-state index in [4.69, 9.17) is 0 Å². The first kappa shape index (κ1) is 17.8. The van der Waals surface area contributed by atoms with Crippen LogP contribution in [0.3, 0.4) is 0 Å². The zero-order chi connectivity index (χ0) is 19.1. The Hall–Kier alpha value is -3.00. The van der Waals surface area contributed by atoms with Gasteiger partial charge in [0, 0.05) is 30.1 Å². The van der Waals surface area contributed by atoms with E-state index in [2.05, 4.69) is 0 Å². The first-order valence-electron chi connectivity index (χ1n) is 7.81. The largest absolute Gasteiger partial charge is 0.303 e. The molecule has 0 amide bonds. The molecule has 1 heterocycles. The Bertz CT molecular complexity index is 1130. The van der Waals surface area contributed by atoms with Crippen molar-refractivity contribution in [3.8, 4) is 0 Å². The Labute approximate surface area is 150 Å². The van der Waals surface area contributed by atoms with Crippen LogP contribution in [-0.4, -0.2) is 23.6 Å². The molecule has 134 valence electrons. The highest BCUT2D eigenvalue weighted by molar-refractivity contribution is 7.90. The molecule has 0 saturated heterocycles. The average molecular weight is 372 g/mol. The molecule has 3 aromatic rings. The maximum Gasteiger partial charge on any atom is 0.269 e. The Balaban J connectivity index is 2.23. The zero-order valence-electron chi connectivity index (χ0n) is 14.2. The van der Waals surface area contributed by atoms with Gasteiger partial charge < -0.3 is 4.79 Å². The molecule has 0 aliphatic carbocycles. The normalized spacial score (nSPS) is 11.6. The third kappa shape index (κ3) is 2.78. The van der Waals surface area contributed by atoms with Gasteiger partial charge in [-0.15, -0.1) is 0 Å². The number of nitrogens with zero attached hydrogens (tertiary/aromatic N) is 2. The molecule has 0 unspecified atom stereocenters. The summed E-state index contributed by atoms with van der Waals surface area (Å²) in [6.07, 6.45) is 2.50. The Kier molecular flexibility index (Phi) is 4.37. The minimum absolute atomic E-state index is 0.0440. The second-order valence-electron chi connectivity index (χ2n) is 5.99. The number of carbonyl (C=O) groups excluding carboxylic acids is 1. The molecule has 2 aromatic carbocycles. The molecule has 0 aliphatic rings. The standard InChI is InChI=1S/C18H16N2O5S/c1-12-3-8-17-18(16(12)9-10-21)13(2)11-19(17)26(24,25)15-6-4-14(5-7-15)20(22)23/h3-8,10-11H,9H2,1-2H3. The van der Waals surface area contributed by atoms with Gasteiger partial charge >= 0.3 is 0 Å². The van der Waals surface area contributed by atoms with E-state index >= 15 is 0 Å². The summed E-state index contributed by atoms with van der Waals surface area (Å²) in [4.78, 5) is 21.1. The van der Waals surface area contributed by atoms with Gasteiger partial charge in [-0.05, 0) is 48.7 Å². The number of fused-ring (bicyclic) bond motifs is 1. The fourth-order valence-electron chi connectivity index (χ4n) is 3.07. The van der Waals surface area contributed by atoms with Crippen LogP contribution in [0.1, 0.15) is 16.7 Å². The lowest BCUT2D eigenvalue weighted by atomic mass is 9.99. The highest BCUT2D eigenvalue weighted by Gasteiger charge is 2.22. The van der Waals surface area contributed by atoms with Crippen LogP contribution in [0.2, 0.25) is 0 Å². The van der Waals surface area contributed by atoms with Crippen LogP contribution in [0.15, 0.2) is 47.5 Å². The van der Waals surface area contributed by atoms with Crippen molar-refractivity contribution in [1.29, 1.82) is 0 Å². The quantitative estimate of drug-likeness (QED) is 0.389. The SMILES string of the molecule is Cc1ccc2c(c(C)cn2S(=O)(=O)c2ccc([N+](=O)[O-])cc2)c1CC=O. The fraction of sp³-hybridized carbons (Fsp3) is 0.167. The van der Waals surface area contributed by atoms with Gasteiger partial charge in [0.25, 0.3) is 15.7 Å². The van der Waals surface area contributed by atoms with Crippen molar-refractivity contribution in [2.24, 2.45) is 0 Å². The topological polar surface area (TPSA) is 99.3 Å². The van der Waals surface area contributed by atoms with Crippen LogP contribution < -0.4 is 0 Å². The lowest BCUT2D eigenvalue weighted by molar-refractivity contribution is -0.384. The zero-order valence-corrected chi connectivity index (χ0v) is 15.0. The van der Waals surface area contributed by atoms with Crippen molar-refractivity contribution in [1.82, 2.24) is 3.97 Å². The predicted molar refractivity (Wildman–Crippen MR) is 96.9 cm³/mol. The maximum atomic E-state index is 13.0. The summed E-state index contributed by atoms with van der Waals surface area (Å²) >= 11 is 0. The second-order valence-corrected chi connectivity index (χ2v) is 7.80. The number of aryl methyl sites for hydroxylation is 2. The Morgan fingerprint density at radius 1 is 1.08 bits per heavy atom. The van der Waals surface area contributed by atoms with Crippen molar-refractivity contribution < 1.29 is 18.1 Å². The summed E-state index contributed by atoms with van der Waals surface area (Å²) in [5.74, 6) is 0. The van der Waals surface area contributed by atoms with Gasteiger partial charge in [-0.3, -0.25) is 10.1 Å². The monoisotopic (exact) mass is 372 g/mol. The number of nitro groups is 1. The molecule has 8 heteroatoms. The number of hydrogen-bond acceptors (Lipinski definition) is 5. The third-order valence-corrected chi connectivity index (χ3v) is 6.05. The summed E-state index contributed by atoms with van der Waals surface area (Å²) in [6, 6.07) is 8.24. The smallest absolute Gasteiger partial charge is 0.269 e. The number of aromatic nitrogens is 1. The van der Waals surface area contributed by atoms with Crippen LogP contribution >= 0.6 is 0 Å². The summed E-state index contributed by atoms with van der Waals surface area (Å²) in [7, 11) is -3.93. The van der Waals surface area contributed by atoms with Crippen molar-refractivity contribution in [3.63, 3.8) is 0 Å². The van der Waals surface area contributed by atoms with Crippen molar-refractivity contribution in [2.75, 3.05) is 0 Å². The lowest BCUT2D eigenvalue weighted by Crippen LogP contribution is -2.12. The fourth-order valence-corrected chi connectivity index (χ4v) is 4.49. The van der Waals surface area contributed by atoms with Gasteiger partial charge in [0.1, 0.15) is 6.29 Å². The number of nitro benzene ring substituents is 1. The molecule has 1 aromatic heterocycles. The number of carbonyl (C=O) groups is 1. The van der Waals surface area contributed by atoms with E-state index < -0.39 is 14.9 Å². The Morgan fingerprint density at radius 3 is 2.31 bits per heavy atom. The Morgan fingerprint density at radius 2 is 1.73 bits per heavy atom. The molecular formula is C18H16N2O5S. The molecule has 7 nitrogen and oxygen atoms in total. The molecular weight excluding hydrogens is 356 g/mol. The van der Waals surface area contributed by atoms with E-state index in [0.717, 1.165) is 44.5 Å². The molecule has 26 heavy (non-hydrogen) atoms. The van der Waals surface area contributed by atoms with Gasteiger partial charge in [0.05, 0.1) is 15.3 Å². The third-order valence-electron chi connectivity index (χ3n) is 4.36. The molecule has 0 saturated carbocycles. The van der Waals surface area contributed by atoms with Crippen molar-refractivity contribution >= 4 is 32.9 Å². The summed E-state index contributed by atoms with van der Waals surface area (Å²) in [5, 5.41) is 11.5. The molecule has 0 N–H and O–H groups in total. The van der Waals surface area contributed by atoms with Gasteiger partial charge in [0.15, 0.2) is 0 Å². The molecule has 0 fully saturated rings. The molecule has 0 bridgehead atoms. The maximum absolute atomic E-state index is 13.0.